The second-order valence-electron chi connectivity index (χ2n) is 4.98. The number of rotatable bonds is 4. The third-order valence-electron chi connectivity index (χ3n) is 3.54. The molecule has 0 radical (unpaired) electrons. The number of benzene rings is 1. The minimum atomic E-state index is 0.617. The molecule has 2 aromatic rings. The standard InChI is InChI=1S/C17H18N2/c1-2-7-15(8-3-1)9-6-12-19-13-16(14-19)17-10-4-5-11-18-17/h1-11,16H,12-14H2/b9-6+. The van der Waals surface area contributed by atoms with Crippen LogP contribution in [-0.2, 0) is 0 Å². The number of aromatic nitrogens is 1. The highest BCUT2D eigenvalue weighted by molar-refractivity contribution is 5.48. The summed E-state index contributed by atoms with van der Waals surface area (Å²) in [4.78, 5) is 6.86. The van der Waals surface area contributed by atoms with E-state index in [1.54, 1.807) is 0 Å². The average Bonchev–Trinajstić information content (AvgIpc) is 2.43. The monoisotopic (exact) mass is 250 g/mol. The fourth-order valence-corrected chi connectivity index (χ4v) is 2.43. The molecule has 2 nitrogen and oxygen atoms in total. The van der Waals surface area contributed by atoms with Crippen molar-refractivity contribution in [1.82, 2.24) is 9.88 Å². The fourth-order valence-electron chi connectivity index (χ4n) is 2.43. The predicted octanol–water partition coefficient (Wildman–Crippen LogP) is 3.19. The van der Waals surface area contributed by atoms with Crippen LogP contribution in [0, 0.1) is 0 Å². The summed E-state index contributed by atoms with van der Waals surface area (Å²) in [6.07, 6.45) is 6.31. The minimum Gasteiger partial charge on any atom is -0.298 e. The molecule has 1 saturated heterocycles. The summed E-state index contributed by atoms with van der Waals surface area (Å²) in [7, 11) is 0. The fraction of sp³-hybridized carbons (Fsp3) is 0.235. The average molecular weight is 250 g/mol. The van der Waals surface area contributed by atoms with Crippen molar-refractivity contribution in [1.29, 1.82) is 0 Å². The molecule has 0 unspecified atom stereocenters. The SMILES string of the molecule is C(=C\c1ccccc1)/CN1CC(c2ccccn2)C1. The van der Waals surface area contributed by atoms with Crippen LogP contribution in [0.2, 0.25) is 0 Å². The van der Waals surface area contributed by atoms with Crippen LogP contribution in [0.15, 0.2) is 60.8 Å². The molecule has 1 aliphatic rings. The molecule has 1 aromatic heterocycles. The largest absolute Gasteiger partial charge is 0.298 e. The van der Waals surface area contributed by atoms with Gasteiger partial charge in [-0.1, -0.05) is 48.6 Å². The van der Waals surface area contributed by atoms with Crippen molar-refractivity contribution < 1.29 is 0 Å². The molecule has 96 valence electrons. The normalized spacial score (nSPS) is 16.6. The van der Waals surface area contributed by atoms with E-state index < -0.39 is 0 Å². The van der Waals surface area contributed by atoms with E-state index in [-0.39, 0.29) is 0 Å². The van der Waals surface area contributed by atoms with Gasteiger partial charge in [-0.2, -0.15) is 0 Å². The van der Waals surface area contributed by atoms with E-state index >= 15 is 0 Å². The molecule has 2 heterocycles. The number of hydrogen-bond acceptors (Lipinski definition) is 2. The summed E-state index contributed by atoms with van der Waals surface area (Å²) in [5.41, 5.74) is 2.50. The van der Waals surface area contributed by atoms with Gasteiger partial charge in [0.1, 0.15) is 0 Å². The van der Waals surface area contributed by atoms with Gasteiger partial charge >= 0.3 is 0 Å². The summed E-state index contributed by atoms with van der Waals surface area (Å²) in [6.45, 7) is 3.27. The Hall–Kier alpha value is -1.93. The Balaban J connectivity index is 1.46. The number of likely N-dealkylation sites (tertiary alicyclic amines) is 1. The maximum atomic E-state index is 4.42. The second kappa shape index (κ2) is 5.81. The molecular formula is C17H18N2. The second-order valence-corrected chi connectivity index (χ2v) is 4.98. The van der Waals surface area contributed by atoms with Crippen LogP contribution in [0.25, 0.3) is 6.08 Å². The molecule has 1 fully saturated rings. The summed E-state index contributed by atoms with van der Waals surface area (Å²) >= 11 is 0. The van der Waals surface area contributed by atoms with E-state index in [0.29, 0.717) is 5.92 Å². The molecule has 0 spiro atoms. The molecule has 0 bridgehead atoms. The van der Waals surface area contributed by atoms with Crippen LogP contribution in [0.5, 0.6) is 0 Å². The highest BCUT2D eigenvalue weighted by Gasteiger charge is 2.27. The molecule has 0 amide bonds. The molecule has 0 atom stereocenters. The first-order valence-electron chi connectivity index (χ1n) is 6.77. The Bertz CT molecular complexity index is 528. The van der Waals surface area contributed by atoms with Crippen molar-refractivity contribution in [3.63, 3.8) is 0 Å². The lowest BCUT2D eigenvalue weighted by Crippen LogP contribution is -2.45. The molecule has 1 aliphatic heterocycles. The van der Waals surface area contributed by atoms with Crippen LogP contribution in [0.3, 0.4) is 0 Å². The van der Waals surface area contributed by atoms with Gasteiger partial charge in [0.15, 0.2) is 0 Å². The van der Waals surface area contributed by atoms with Crippen molar-refractivity contribution >= 4 is 6.08 Å². The molecule has 19 heavy (non-hydrogen) atoms. The summed E-state index contributed by atoms with van der Waals surface area (Å²) in [5, 5.41) is 0. The number of nitrogens with zero attached hydrogens (tertiary/aromatic N) is 2. The van der Waals surface area contributed by atoms with Gasteiger partial charge in [-0.3, -0.25) is 9.88 Å². The molecule has 1 aromatic carbocycles. The molecule has 0 saturated carbocycles. The van der Waals surface area contributed by atoms with Gasteiger partial charge in [0.25, 0.3) is 0 Å². The van der Waals surface area contributed by atoms with Crippen LogP contribution in [-0.4, -0.2) is 29.5 Å². The van der Waals surface area contributed by atoms with Gasteiger partial charge in [0.2, 0.25) is 0 Å². The van der Waals surface area contributed by atoms with Crippen LogP contribution in [0.4, 0.5) is 0 Å². The number of pyridine rings is 1. The zero-order chi connectivity index (χ0) is 12.9. The molecular weight excluding hydrogens is 232 g/mol. The predicted molar refractivity (Wildman–Crippen MR) is 78.9 cm³/mol. The van der Waals surface area contributed by atoms with Crippen molar-refractivity contribution in [2.75, 3.05) is 19.6 Å². The van der Waals surface area contributed by atoms with Crippen LogP contribution >= 0.6 is 0 Å². The Morgan fingerprint density at radius 1 is 1.05 bits per heavy atom. The van der Waals surface area contributed by atoms with Gasteiger partial charge < -0.3 is 0 Å². The van der Waals surface area contributed by atoms with Crippen molar-refractivity contribution in [2.24, 2.45) is 0 Å². The zero-order valence-electron chi connectivity index (χ0n) is 10.9. The lowest BCUT2D eigenvalue weighted by molar-refractivity contribution is 0.164. The lowest BCUT2D eigenvalue weighted by atomic mass is 9.96. The van der Waals surface area contributed by atoms with Gasteiger partial charge in [0.05, 0.1) is 0 Å². The summed E-state index contributed by atoms with van der Waals surface area (Å²) < 4.78 is 0. The minimum absolute atomic E-state index is 0.617. The highest BCUT2D eigenvalue weighted by atomic mass is 15.2. The molecule has 2 heteroatoms. The smallest absolute Gasteiger partial charge is 0.0460 e. The molecule has 3 rings (SSSR count). The topological polar surface area (TPSA) is 16.1 Å². The highest BCUT2D eigenvalue weighted by Crippen LogP contribution is 2.24. The third kappa shape index (κ3) is 3.09. The van der Waals surface area contributed by atoms with E-state index in [0.717, 1.165) is 19.6 Å². The van der Waals surface area contributed by atoms with Gasteiger partial charge in [-0.15, -0.1) is 0 Å². The van der Waals surface area contributed by atoms with E-state index in [1.165, 1.54) is 11.3 Å². The van der Waals surface area contributed by atoms with Crippen LogP contribution in [0.1, 0.15) is 17.2 Å². The lowest BCUT2D eigenvalue weighted by Gasteiger charge is -2.38. The number of hydrogen-bond donors (Lipinski definition) is 0. The van der Waals surface area contributed by atoms with Gasteiger partial charge in [-0.25, -0.2) is 0 Å². The summed E-state index contributed by atoms with van der Waals surface area (Å²) in [5.74, 6) is 0.617. The molecule has 0 aliphatic carbocycles. The first-order valence-corrected chi connectivity index (χ1v) is 6.77. The van der Waals surface area contributed by atoms with Crippen molar-refractivity contribution in [3.8, 4) is 0 Å². The maximum Gasteiger partial charge on any atom is 0.0460 e. The maximum absolute atomic E-state index is 4.42. The van der Waals surface area contributed by atoms with E-state index in [9.17, 15) is 0 Å². The zero-order valence-corrected chi connectivity index (χ0v) is 10.9. The van der Waals surface area contributed by atoms with E-state index in [2.05, 4.69) is 58.4 Å². The van der Waals surface area contributed by atoms with E-state index in [1.807, 2.05) is 18.3 Å². The Labute approximate surface area is 114 Å². The Morgan fingerprint density at radius 2 is 1.84 bits per heavy atom. The third-order valence-corrected chi connectivity index (χ3v) is 3.54. The summed E-state index contributed by atoms with van der Waals surface area (Å²) in [6, 6.07) is 16.6. The Kier molecular flexibility index (Phi) is 3.70. The Morgan fingerprint density at radius 3 is 2.58 bits per heavy atom. The van der Waals surface area contributed by atoms with Gasteiger partial charge in [0, 0.05) is 37.4 Å². The van der Waals surface area contributed by atoms with Gasteiger partial charge in [-0.05, 0) is 17.7 Å². The first kappa shape index (κ1) is 12.1. The van der Waals surface area contributed by atoms with E-state index in [4.69, 9.17) is 0 Å². The quantitative estimate of drug-likeness (QED) is 0.828. The first-order chi connectivity index (χ1) is 9.42. The van der Waals surface area contributed by atoms with Crippen molar-refractivity contribution in [3.05, 3.63) is 72.1 Å². The molecule has 0 N–H and O–H groups in total. The van der Waals surface area contributed by atoms with Crippen LogP contribution < -0.4 is 0 Å². The van der Waals surface area contributed by atoms with Crippen molar-refractivity contribution in [2.45, 2.75) is 5.92 Å².